The van der Waals surface area contributed by atoms with Gasteiger partial charge in [0.2, 0.25) is 5.91 Å². The largest absolute Gasteiger partial charge is 0.387 e. The average molecular weight is 336 g/mol. The van der Waals surface area contributed by atoms with Crippen LogP contribution < -0.4 is 5.32 Å². The predicted molar refractivity (Wildman–Crippen MR) is 88.8 cm³/mol. The molecule has 0 saturated heterocycles. The first-order valence-corrected chi connectivity index (χ1v) is 7.87. The Balaban J connectivity index is 1.68. The summed E-state index contributed by atoms with van der Waals surface area (Å²) in [6.07, 6.45) is 1.07. The number of hydrogen-bond donors (Lipinski definition) is 2. The number of aliphatic hydroxyl groups excluding tert-OH is 1. The van der Waals surface area contributed by atoms with Crippen LogP contribution in [-0.4, -0.2) is 17.6 Å². The first kappa shape index (κ1) is 17.4. The normalized spacial score (nSPS) is 12.0. The number of amides is 1. The number of rotatable bonds is 7. The van der Waals surface area contributed by atoms with E-state index in [1.54, 1.807) is 0 Å². The van der Waals surface area contributed by atoms with E-state index in [9.17, 15) is 14.3 Å². The standard InChI is InChI=1S/C18H19ClFNO2/c19-15-8-4-13(5-9-15)2-1-3-18(23)21-12-17(22)14-6-10-16(20)11-7-14/h4-11,17,22H,1-3,12H2,(H,21,23). The Bertz CT molecular complexity index is 628. The van der Waals surface area contributed by atoms with Crippen molar-refractivity contribution in [2.45, 2.75) is 25.4 Å². The summed E-state index contributed by atoms with van der Waals surface area (Å²) in [4.78, 5) is 11.8. The summed E-state index contributed by atoms with van der Waals surface area (Å²) >= 11 is 5.82. The second kappa shape index (κ2) is 8.65. The zero-order chi connectivity index (χ0) is 16.7. The average Bonchev–Trinajstić information content (AvgIpc) is 2.55. The quantitative estimate of drug-likeness (QED) is 0.811. The van der Waals surface area contributed by atoms with Gasteiger partial charge in [-0.2, -0.15) is 0 Å². The van der Waals surface area contributed by atoms with E-state index in [2.05, 4.69) is 5.32 Å². The number of carbonyl (C=O) groups is 1. The van der Waals surface area contributed by atoms with Gasteiger partial charge in [-0.25, -0.2) is 4.39 Å². The van der Waals surface area contributed by atoms with Gasteiger partial charge >= 0.3 is 0 Å². The fourth-order valence-corrected chi connectivity index (χ4v) is 2.33. The van der Waals surface area contributed by atoms with Crippen molar-refractivity contribution < 1.29 is 14.3 Å². The van der Waals surface area contributed by atoms with Crippen LogP contribution in [0.4, 0.5) is 4.39 Å². The monoisotopic (exact) mass is 335 g/mol. The van der Waals surface area contributed by atoms with Gasteiger partial charge < -0.3 is 10.4 Å². The first-order chi connectivity index (χ1) is 11.0. The summed E-state index contributed by atoms with van der Waals surface area (Å²) in [6, 6.07) is 13.1. The lowest BCUT2D eigenvalue weighted by Crippen LogP contribution is -2.28. The smallest absolute Gasteiger partial charge is 0.220 e. The van der Waals surface area contributed by atoms with Crippen LogP contribution in [-0.2, 0) is 11.2 Å². The van der Waals surface area contributed by atoms with Crippen LogP contribution in [0.15, 0.2) is 48.5 Å². The number of nitrogens with one attached hydrogen (secondary N) is 1. The number of halogens is 2. The number of benzene rings is 2. The molecular formula is C18H19ClFNO2. The molecule has 5 heteroatoms. The molecule has 0 heterocycles. The van der Waals surface area contributed by atoms with E-state index in [4.69, 9.17) is 11.6 Å². The molecule has 0 radical (unpaired) electrons. The molecule has 0 spiro atoms. The van der Waals surface area contributed by atoms with Crippen LogP contribution in [0.2, 0.25) is 5.02 Å². The van der Waals surface area contributed by atoms with Gasteiger partial charge in [0, 0.05) is 18.0 Å². The molecule has 1 amide bonds. The lowest BCUT2D eigenvalue weighted by Gasteiger charge is -2.12. The minimum atomic E-state index is -0.837. The molecular weight excluding hydrogens is 317 g/mol. The highest BCUT2D eigenvalue weighted by atomic mass is 35.5. The molecule has 0 aliphatic carbocycles. The third-order valence-electron chi connectivity index (χ3n) is 3.53. The summed E-state index contributed by atoms with van der Waals surface area (Å²) in [5.74, 6) is -0.465. The second-order valence-corrected chi connectivity index (χ2v) is 5.79. The van der Waals surface area contributed by atoms with Crippen LogP contribution in [0, 0.1) is 5.82 Å². The van der Waals surface area contributed by atoms with E-state index in [1.165, 1.54) is 24.3 Å². The molecule has 0 fully saturated rings. The third kappa shape index (κ3) is 6.00. The van der Waals surface area contributed by atoms with E-state index >= 15 is 0 Å². The SMILES string of the molecule is O=C(CCCc1ccc(Cl)cc1)NCC(O)c1ccc(F)cc1. The highest BCUT2D eigenvalue weighted by Gasteiger charge is 2.09. The molecule has 1 unspecified atom stereocenters. The topological polar surface area (TPSA) is 49.3 Å². The van der Waals surface area contributed by atoms with Crippen molar-refractivity contribution in [3.05, 3.63) is 70.5 Å². The van der Waals surface area contributed by atoms with Gasteiger partial charge in [-0.15, -0.1) is 0 Å². The van der Waals surface area contributed by atoms with Crippen LogP contribution >= 0.6 is 11.6 Å². The van der Waals surface area contributed by atoms with Crippen molar-refractivity contribution in [2.75, 3.05) is 6.54 Å². The zero-order valence-corrected chi connectivity index (χ0v) is 13.4. The Hall–Kier alpha value is -1.91. The van der Waals surface area contributed by atoms with Crippen LogP contribution in [0.5, 0.6) is 0 Å². The third-order valence-corrected chi connectivity index (χ3v) is 3.78. The molecule has 0 aliphatic heterocycles. The number of hydrogen-bond acceptors (Lipinski definition) is 2. The summed E-state index contributed by atoms with van der Waals surface area (Å²) < 4.78 is 12.8. The van der Waals surface area contributed by atoms with Crippen molar-refractivity contribution in [1.82, 2.24) is 5.32 Å². The highest BCUT2D eigenvalue weighted by Crippen LogP contribution is 2.13. The molecule has 2 N–H and O–H groups in total. The maximum absolute atomic E-state index is 12.8. The zero-order valence-electron chi connectivity index (χ0n) is 12.6. The molecule has 2 aromatic rings. The molecule has 3 nitrogen and oxygen atoms in total. The Labute approximate surface area is 140 Å². The van der Waals surface area contributed by atoms with Gasteiger partial charge in [0.25, 0.3) is 0 Å². The Kier molecular flexibility index (Phi) is 6.56. The summed E-state index contributed by atoms with van der Waals surface area (Å²) in [5, 5.41) is 13.3. The minimum absolute atomic E-state index is 0.111. The molecule has 1 atom stereocenters. The van der Waals surface area contributed by atoms with Crippen LogP contribution in [0.3, 0.4) is 0 Å². The maximum atomic E-state index is 12.8. The van der Waals surface area contributed by atoms with E-state index < -0.39 is 6.10 Å². The molecule has 122 valence electrons. The number of aryl methyl sites for hydroxylation is 1. The van der Waals surface area contributed by atoms with E-state index in [0.717, 1.165) is 18.4 Å². The summed E-state index contributed by atoms with van der Waals surface area (Å²) in [7, 11) is 0. The van der Waals surface area contributed by atoms with Gasteiger partial charge in [0.15, 0.2) is 0 Å². The van der Waals surface area contributed by atoms with Gasteiger partial charge in [-0.3, -0.25) is 4.79 Å². The van der Waals surface area contributed by atoms with Crippen LogP contribution in [0.25, 0.3) is 0 Å². The minimum Gasteiger partial charge on any atom is -0.387 e. The highest BCUT2D eigenvalue weighted by molar-refractivity contribution is 6.30. The van der Waals surface area contributed by atoms with Crippen molar-refractivity contribution in [3.8, 4) is 0 Å². The van der Waals surface area contributed by atoms with Gasteiger partial charge in [-0.05, 0) is 48.2 Å². The molecule has 0 aliphatic rings. The van der Waals surface area contributed by atoms with Gasteiger partial charge in [0.1, 0.15) is 5.82 Å². The lowest BCUT2D eigenvalue weighted by molar-refractivity contribution is -0.121. The molecule has 0 saturated carbocycles. The fourth-order valence-electron chi connectivity index (χ4n) is 2.21. The first-order valence-electron chi connectivity index (χ1n) is 7.49. The molecule has 2 rings (SSSR count). The predicted octanol–water partition coefficient (Wildman–Crippen LogP) is 3.65. The molecule has 0 bridgehead atoms. The summed E-state index contributed by atoms with van der Waals surface area (Å²) in [5.41, 5.74) is 1.71. The number of aliphatic hydroxyl groups is 1. The van der Waals surface area contributed by atoms with Crippen molar-refractivity contribution in [2.24, 2.45) is 0 Å². The lowest BCUT2D eigenvalue weighted by atomic mass is 10.1. The van der Waals surface area contributed by atoms with E-state index in [-0.39, 0.29) is 18.3 Å². The Morgan fingerprint density at radius 1 is 1.13 bits per heavy atom. The molecule has 23 heavy (non-hydrogen) atoms. The van der Waals surface area contributed by atoms with E-state index in [0.29, 0.717) is 17.0 Å². The van der Waals surface area contributed by atoms with E-state index in [1.807, 2.05) is 24.3 Å². The fraction of sp³-hybridized carbons (Fsp3) is 0.278. The second-order valence-electron chi connectivity index (χ2n) is 5.35. The van der Waals surface area contributed by atoms with Crippen LogP contribution in [0.1, 0.15) is 30.1 Å². The maximum Gasteiger partial charge on any atom is 0.220 e. The Morgan fingerprint density at radius 2 is 1.78 bits per heavy atom. The van der Waals surface area contributed by atoms with Crippen molar-refractivity contribution >= 4 is 17.5 Å². The van der Waals surface area contributed by atoms with Gasteiger partial charge in [0.05, 0.1) is 6.10 Å². The van der Waals surface area contributed by atoms with Gasteiger partial charge in [-0.1, -0.05) is 35.9 Å². The molecule has 0 aromatic heterocycles. The Morgan fingerprint density at radius 3 is 2.43 bits per heavy atom. The molecule has 2 aromatic carbocycles. The summed E-state index contributed by atoms with van der Waals surface area (Å²) in [6.45, 7) is 0.116. The van der Waals surface area contributed by atoms with Crippen molar-refractivity contribution in [3.63, 3.8) is 0 Å². The number of carbonyl (C=O) groups excluding carboxylic acids is 1. The van der Waals surface area contributed by atoms with Crippen molar-refractivity contribution in [1.29, 1.82) is 0 Å².